The van der Waals surface area contributed by atoms with Crippen molar-refractivity contribution in [2.24, 2.45) is 0 Å². The van der Waals surface area contributed by atoms with E-state index in [0.717, 1.165) is 42.9 Å². The largest absolute Gasteiger partial charge is 0.484 e. The number of fused-ring (bicyclic) bond motifs is 1. The summed E-state index contributed by atoms with van der Waals surface area (Å²) in [6, 6.07) is 6.20. The Morgan fingerprint density at radius 3 is 2.96 bits per heavy atom. The Morgan fingerprint density at radius 2 is 2.22 bits per heavy atom. The van der Waals surface area contributed by atoms with Gasteiger partial charge in [-0.1, -0.05) is 0 Å². The Morgan fingerprint density at radius 1 is 1.43 bits per heavy atom. The van der Waals surface area contributed by atoms with Gasteiger partial charge in [0.05, 0.1) is 11.0 Å². The lowest BCUT2D eigenvalue weighted by Crippen LogP contribution is -2.28. The summed E-state index contributed by atoms with van der Waals surface area (Å²) in [5.74, 6) is 1.59. The molecule has 1 aromatic heterocycles. The third kappa shape index (κ3) is 3.47. The van der Waals surface area contributed by atoms with Crippen molar-refractivity contribution >= 4 is 16.9 Å². The highest BCUT2D eigenvalue weighted by atomic mass is 16.5. The van der Waals surface area contributed by atoms with E-state index in [1.807, 2.05) is 32.0 Å². The molecule has 1 N–H and O–H groups in total. The molecule has 1 saturated heterocycles. The van der Waals surface area contributed by atoms with Crippen LogP contribution in [0.25, 0.3) is 11.0 Å². The quantitative estimate of drug-likeness (QED) is 0.918. The molecule has 23 heavy (non-hydrogen) atoms. The number of hydrogen-bond donors (Lipinski definition) is 1. The molecule has 0 bridgehead atoms. The Labute approximate surface area is 135 Å². The summed E-state index contributed by atoms with van der Waals surface area (Å²) in [5.41, 5.74) is 2.02. The minimum atomic E-state index is -0.110. The van der Waals surface area contributed by atoms with Crippen molar-refractivity contribution in [2.75, 3.05) is 26.4 Å². The van der Waals surface area contributed by atoms with Gasteiger partial charge in [0, 0.05) is 31.9 Å². The van der Waals surface area contributed by atoms with E-state index in [0.29, 0.717) is 18.3 Å². The van der Waals surface area contributed by atoms with Gasteiger partial charge in [-0.3, -0.25) is 4.79 Å². The molecule has 2 aromatic rings. The van der Waals surface area contributed by atoms with Gasteiger partial charge < -0.3 is 19.4 Å². The Balaban J connectivity index is 1.84. The number of nitrogens with zero attached hydrogens (tertiary/aromatic N) is 2. The zero-order chi connectivity index (χ0) is 16.2. The third-order valence-corrected chi connectivity index (χ3v) is 4.14. The molecule has 124 valence electrons. The van der Waals surface area contributed by atoms with E-state index in [9.17, 15) is 4.79 Å². The van der Waals surface area contributed by atoms with Crippen LogP contribution >= 0.6 is 0 Å². The first-order valence-corrected chi connectivity index (χ1v) is 8.15. The monoisotopic (exact) mass is 317 g/mol. The maximum atomic E-state index is 11.5. The number of likely N-dealkylation sites (N-methyl/N-ethyl adjacent to an activating group) is 1. The SMILES string of the molecule is CCNC(=O)COc1ccc2nc(C)n(C3CCOCC3)c2c1. The normalized spacial score (nSPS) is 15.7. The number of aryl methyl sites for hydroxylation is 1. The smallest absolute Gasteiger partial charge is 0.257 e. The number of ether oxygens (including phenoxy) is 2. The molecule has 1 aromatic carbocycles. The predicted molar refractivity (Wildman–Crippen MR) is 87.7 cm³/mol. The van der Waals surface area contributed by atoms with Gasteiger partial charge in [0.15, 0.2) is 6.61 Å². The van der Waals surface area contributed by atoms with Gasteiger partial charge in [-0.15, -0.1) is 0 Å². The number of benzene rings is 1. The first-order valence-electron chi connectivity index (χ1n) is 8.15. The van der Waals surface area contributed by atoms with Crippen LogP contribution in [0.1, 0.15) is 31.6 Å². The number of carbonyl (C=O) groups excluding carboxylic acids is 1. The van der Waals surface area contributed by atoms with Gasteiger partial charge in [0.2, 0.25) is 0 Å². The second-order valence-electron chi connectivity index (χ2n) is 5.77. The van der Waals surface area contributed by atoms with Crippen molar-refractivity contribution in [1.29, 1.82) is 0 Å². The van der Waals surface area contributed by atoms with Gasteiger partial charge in [0.1, 0.15) is 11.6 Å². The van der Waals surface area contributed by atoms with Crippen LogP contribution in [0.15, 0.2) is 18.2 Å². The summed E-state index contributed by atoms with van der Waals surface area (Å²) < 4.78 is 13.3. The van der Waals surface area contributed by atoms with Gasteiger partial charge in [-0.05, 0) is 38.8 Å². The van der Waals surface area contributed by atoms with Crippen LogP contribution in [0.2, 0.25) is 0 Å². The average molecular weight is 317 g/mol. The number of carbonyl (C=O) groups is 1. The molecule has 0 unspecified atom stereocenters. The number of imidazole rings is 1. The minimum Gasteiger partial charge on any atom is -0.484 e. The maximum absolute atomic E-state index is 11.5. The zero-order valence-corrected chi connectivity index (χ0v) is 13.7. The molecule has 6 heteroatoms. The van der Waals surface area contributed by atoms with Gasteiger partial charge in [-0.2, -0.15) is 0 Å². The second kappa shape index (κ2) is 7.00. The van der Waals surface area contributed by atoms with Crippen LogP contribution in [-0.2, 0) is 9.53 Å². The molecule has 0 atom stereocenters. The number of aromatic nitrogens is 2. The van der Waals surface area contributed by atoms with Crippen LogP contribution in [0.5, 0.6) is 5.75 Å². The fraction of sp³-hybridized carbons (Fsp3) is 0.529. The highest BCUT2D eigenvalue weighted by Crippen LogP contribution is 2.29. The lowest BCUT2D eigenvalue weighted by Gasteiger charge is -2.25. The molecule has 1 amide bonds. The molecule has 6 nitrogen and oxygen atoms in total. The molecule has 0 saturated carbocycles. The number of rotatable bonds is 5. The van der Waals surface area contributed by atoms with Crippen LogP contribution in [0.4, 0.5) is 0 Å². The zero-order valence-electron chi connectivity index (χ0n) is 13.7. The van der Waals surface area contributed by atoms with E-state index in [1.165, 1.54) is 0 Å². The number of amides is 1. The molecule has 0 radical (unpaired) electrons. The van der Waals surface area contributed by atoms with E-state index < -0.39 is 0 Å². The van der Waals surface area contributed by atoms with Crippen molar-refractivity contribution in [3.8, 4) is 5.75 Å². The van der Waals surface area contributed by atoms with Crippen LogP contribution in [-0.4, -0.2) is 41.8 Å². The number of nitrogens with one attached hydrogen (secondary N) is 1. The second-order valence-corrected chi connectivity index (χ2v) is 5.77. The van der Waals surface area contributed by atoms with Crippen molar-refractivity contribution < 1.29 is 14.3 Å². The van der Waals surface area contributed by atoms with Crippen molar-refractivity contribution in [3.05, 3.63) is 24.0 Å². The van der Waals surface area contributed by atoms with E-state index in [-0.39, 0.29) is 12.5 Å². The lowest BCUT2D eigenvalue weighted by molar-refractivity contribution is -0.122. The fourth-order valence-corrected chi connectivity index (χ4v) is 3.08. The van der Waals surface area contributed by atoms with Crippen LogP contribution in [0, 0.1) is 6.92 Å². The predicted octanol–water partition coefficient (Wildman–Crippen LogP) is 2.21. The van der Waals surface area contributed by atoms with Crippen molar-refractivity contribution in [3.63, 3.8) is 0 Å². The Kier molecular flexibility index (Phi) is 4.81. The first kappa shape index (κ1) is 15.8. The molecule has 3 rings (SSSR count). The van der Waals surface area contributed by atoms with Crippen LogP contribution < -0.4 is 10.1 Å². The molecule has 1 aliphatic rings. The maximum Gasteiger partial charge on any atom is 0.257 e. The minimum absolute atomic E-state index is 0.0315. The molecule has 2 heterocycles. The molecule has 0 aliphatic carbocycles. The summed E-state index contributed by atoms with van der Waals surface area (Å²) in [6.07, 6.45) is 1.99. The van der Waals surface area contributed by atoms with Crippen molar-refractivity contribution in [1.82, 2.24) is 14.9 Å². The summed E-state index contributed by atoms with van der Waals surface area (Å²) in [5, 5.41) is 2.72. The lowest BCUT2D eigenvalue weighted by atomic mass is 10.1. The summed E-state index contributed by atoms with van der Waals surface area (Å²) in [7, 11) is 0. The van der Waals surface area contributed by atoms with E-state index in [4.69, 9.17) is 9.47 Å². The molecular formula is C17H23N3O3. The molecule has 1 aliphatic heterocycles. The standard InChI is InChI=1S/C17H23N3O3/c1-3-18-17(21)11-23-14-4-5-15-16(10-14)20(12(2)19-15)13-6-8-22-9-7-13/h4-5,10,13H,3,6-9,11H2,1-2H3,(H,18,21). The van der Waals surface area contributed by atoms with Gasteiger partial charge >= 0.3 is 0 Å². The molecule has 0 spiro atoms. The van der Waals surface area contributed by atoms with Crippen LogP contribution in [0.3, 0.4) is 0 Å². The van der Waals surface area contributed by atoms with E-state index >= 15 is 0 Å². The van der Waals surface area contributed by atoms with Gasteiger partial charge in [0.25, 0.3) is 5.91 Å². The Hall–Kier alpha value is -2.08. The molecular weight excluding hydrogens is 294 g/mol. The first-order chi connectivity index (χ1) is 11.2. The third-order valence-electron chi connectivity index (χ3n) is 4.14. The van der Waals surface area contributed by atoms with Crippen molar-refractivity contribution in [2.45, 2.75) is 32.7 Å². The van der Waals surface area contributed by atoms with E-state index in [1.54, 1.807) is 0 Å². The molecule has 1 fully saturated rings. The average Bonchev–Trinajstić information content (AvgIpc) is 2.89. The van der Waals surface area contributed by atoms with E-state index in [2.05, 4.69) is 14.9 Å². The highest BCUT2D eigenvalue weighted by molar-refractivity contribution is 5.79. The summed E-state index contributed by atoms with van der Waals surface area (Å²) in [4.78, 5) is 16.2. The summed E-state index contributed by atoms with van der Waals surface area (Å²) >= 11 is 0. The van der Waals surface area contributed by atoms with Gasteiger partial charge in [-0.25, -0.2) is 4.98 Å². The topological polar surface area (TPSA) is 65.4 Å². The fourth-order valence-electron chi connectivity index (χ4n) is 3.08. The Bertz CT molecular complexity index is 690. The highest BCUT2D eigenvalue weighted by Gasteiger charge is 2.20. The number of hydrogen-bond acceptors (Lipinski definition) is 4. The summed E-state index contributed by atoms with van der Waals surface area (Å²) in [6.45, 7) is 6.14.